The van der Waals surface area contributed by atoms with Gasteiger partial charge in [-0.15, -0.1) is 0 Å². The first kappa shape index (κ1) is 15.9. The third kappa shape index (κ3) is 3.35. The van der Waals surface area contributed by atoms with Crippen LogP contribution in [0.4, 0.5) is 4.39 Å². The van der Waals surface area contributed by atoms with Crippen LogP contribution in [0.5, 0.6) is 0 Å². The van der Waals surface area contributed by atoms with Crippen molar-refractivity contribution in [3.05, 3.63) is 35.5 Å². The van der Waals surface area contributed by atoms with E-state index in [4.69, 9.17) is 4.74 Å². The lowest BCUT2D eigenvalue weighted by molar-refractivity contribution is 0.0913. The van der Waals surface area contributed by atoms with E-state index in [9.17, 15) is 9.18 Å². The highest BCUT2D eigenvalue weighted by molar-refractivity contribution is 5.93. The summed E-state index contributed by atoms with van der Waals surface area (Å²) in [5, 5.41) is 2.78. The van der Waals surface area contributed by atoms with E-state index in [1.165, 1.54) is 4.40 Å². The zero-order valence-electron chi connectivity index (χ0n) is 13.4. The highest BCUT2D eigenvalue weighted by Gasteiger charge is 2.22. The Kier molecular flexibility index (Phi) is 4.58. The predicted molar refractivity (Wildman–Crippen MR) is 84.0 cm³/mol. The molecule has 1 saturated heterocycles. The molecule has 3 heterocycles. The normalized spacial score (nSPS) is 19.7. The third-order valence-electron chi connectivity index (χ3n) is 4.09. The molecule has 0 saturated carbocycles. The number of rotatable bonds is 3. The Morgan fingerprint density at radius 2 is 2.39 bits per heavy atom. The SMILES string of the molecule is Cc1cccn2c(F)c(C(=O)NC[C@@H]3COCCN(C)C3)nc12. The van der Waals surface area contributed by atoms with E-state index in [0.29, 0.717) is 25.4 Å². The molecule has 0 aromatic carbocycles. The second-order valence-electron chi connectivity index (χ2n) is 6.05. The van der Waals surface area contributed by atoms with E-state index in [1.54, 1.807) is 12.3 Å². The summed E-state index contributed by atoms with van der Waals surface area (Å²) in [5.41, 5.74) is 1.12. The van der Waals surface area contributed by atoms with E-state index in [1.807, 2.05) is 20.0 Å². The molecule has 0 bridgehead atoms. The minimum atomic E-state index is -0.629. The average molecular weight is 320 g/mol. The molecule has 0 spiro atoms. The molecule has 0 radical (unpaired) electrons. The first-order chi connectivity index (χ1) is 11.1. The van der Waals surface area contributed by atoms with Gasteiger partial charge in [-0.25, -0.2) is 4.98 Å². The second-order valence-corrected chi connectivity index (χ2v) is 6.05. The fourth-order valence-electron chi connectivity index (χ4n) is 2.82. The summed E-state index contributed by atoms with van der Waals surface area (Å²) in [7, 11) is 2.02. The maximum Gasteiger partial charge on any atom is 0.274 e. The van der Waals surface area contributed by atoms with E-state index >= 15 is 0 Å². The van der Waals surface area contributed by atoms with Crippen LogP contribution in [0.2, 0.25) is 0 Å². The van der Waals surface area contributed by atoms with Crippen LogP contribution in [0.25, 0.3) is 5.65 Å². The number of amides is 1. The highest BCUT2D eigenvalue weighted by atomic mass is 19.1. The topological polar surface area (TPSA) is 58.9 Å². The molecule has 0 unspecified atom stereocenters. The van der Waals surface area contributed by atoms with Crippen molar-refractivity contribution in [3.63, 3.8) is 0 Å². The Balaban J connectivity index is 1.71. The third-order valence-corrected chi connectivity index (χ3v) is 4.09. The molecule has 124 valence electrons. The van der Waals surface area contributed by atoms with E-state index in [2.05, 4.69) is 15.2 Å². The number of carbonyl (C=O) groups is 1. The van der Waals surface area contributed by atoms with Gasteiger partial charge in [-0.05, 0) is 25.6 Å². The molecular weight excluding hydrogens is 299 g/mol. The molecule has 1 N–H and O–H groups in total. The molecule has 6 nitrogen and oxygen atoms in total. The lowest BCUT2D eigenvalue weighted by Gasteiger charge is -2.18. The molecule has 1 atom stereocenters. The van der Waals surface area contributed by atoms with Gasteiger partial charge in [0.2, 0.25) is 5.95 Å². The summed E-state index contributed by atoms with van der Waals surface area (Å²) in [4.78, 5) is 18.6. The number of fused-ring (bicyclic) bond motifs is 1. The quantitative estimate of drug-likeness (QED) is 0.920. The van der Waals surface area contributed by atoms with Gasteiger partial charge < -0.3 is 15.0 Å². The van der Waals surface area contributed by atoms with Crippen LogP contribution in [0.15, 0.2) is 18.3 Å². The maximum absolute atomic E-state index is 14.4. The van der Waals surface area contributed by atoms with Crippen LogP contribution in [-0.2, 0) is 4.74 Å². The zero-order chi connectivity index (χ0) is 16.4. The molecule has 0 aliphatic carbocycles. The number of likely N-dealkylation sites (N-methyl/N-ethyl adjacent to an activating group) is 1. The van der Waals surface area contributed by atoms with Crippen LogP contribution in [0.3, 0.4) is 0 Å². The number of carbonyl (C=O) groups excluding carboxylic acids is 1. The van der Waals surface area contributed by atoms with Gasteiger partial charge in [-0.1, -0.05) is 6.07 Å². The van der Waals surface area contributed by atoms with E-state index in [-0.39, 0.29) is 11.6 Å². The minimum Gasteiger partial charge on any atom is -0.380 e. The monoisotopic (exact) mass is 320 g/mol. The van der Waals surface area contributed by atoms with Crippen molar-refractivity contribution in [2.45, 2.75) is 6.92 Å². The van der Waals surface area contributed by atoms with E-state index < -0.39 is 11.9 Å². The van der Waals surface area contributed by atoms with Crippen molar-refractivity contribution in [1.82, 2.24) is 19.6 Å². The number of hydrogen-bond acceptors (Lipinski definition) is 4. The van der Waals surface area contributed by atoms with Gasteiger partial charge in [-0.3, -0.25) is 9.20 Å². The fourth-order valence-corrected chi connectivity index (χ4v) is 2.82. The van der Waals surface area contributed by atoms with Crippen LogP contribution in [0, 0.1) is 18.8 Å². The Morgan fingerprint density at radius 1 is 1.57 bits per heavy atom. The van der Waals surface area contributed by atoms with Crippen molar-refractivity contribution < 1.29 is 13.9 Å². The van der Waals surface area contributed by atoms with Gasteiger partial charge in [0.1, 0.15) is 5.65 Å². The number of hydrogen-bond donors (Lipinski definition) is 1. The van der Waals surface area contributed by atoms with Crippen molar-refractivity contribution in [2.24, 2.45) is 5.92 Å². The number of pyridine rings is 1. The Morgan fingerprint density at radius 3 is 3.17 bits per heavy atom. The first-order valence-electron chi connectivity index (χ1n) is 7.74. The fraction of sp³-hybridized carbons (Fsp3) is 0.500. The highest BCUT2D eigenvalue weighted by Crippen LogP contribution is 2.14. The number of aryl methyl sites for hydroxylation is 1. The number of nitrogens with zero attached hydrogens (tertiary/aromatic N) is 3. The van der Waals surface area contributed by atoms with Crippen LogP contribution >= 0.6 is 0 Å². The van der Waals surface area contributed by atoms with Crippen LogP contribution < -0.4 is 5.32 Å². The smallest absolute Gasteiger partial charge is 0.274 e. The van der Waals surface area contributed by atoms with Crippen molar-refractivity contribution in [1.29, 1.82) is 0 Å². The predicted octanol–water partition coefficient (Wildman–Crippen LogP) is 1.09. The molecule has 1 amide bonds. The van der Waals surface area contributed by atoms with Gasteiger partial charge in [0, 0.05) is 31.7 Å². The van der Waals surface area contributed by atoms with Gasteiger partial charge in [-0.2, -0.15) is 4.39 Å². The van der Waals surface area contributed by atoms with Crippen molar-refractivity contribution >= 4 is 11.6 Å². The summed E-state index contributed by atoms with van der Waals surface area (Å²) in [6.07, 6.45) is 1.57. The summed E-state index contributed by atoms with van der Waals surface area (Å²) < 4.78 is 21.2. The lowest BCUT2D eigenvalue weighted by atomic mass is 10.1. The Labute approximate surface area is 134 Å². The van der Waals surface area contributed by atoms with E-state index in [0.717, 1.165) is 18.7 Å². The molecule has 2 aromatic heterocycles. The summed E-state index contributed by atoms with van der Waals surface area (Å²) in [6, 6.07) is 3.57. The first-order valence-corrected chi connectivity index (χ1v) is 7.74. The average Bonchev–Trinajstić information content (AvgIpc) is 2.73. The molecule has 1 aliphatic rings. The molecular formula is C16H21FN4O2. The van der Waals surface area contributed by atoms with Crippen molar-refractivity contribution in [3.8, 4) is 0 Å². The Hall–Kier alpha value is -1.99. The molecule has 1 fully saturated rings. The number of imidazole rings is 1. The number of ether oxygens (including phenoxy) is 1. The Bertz CT molecular complexity index is 715. The summed E-state index contributed by atoms with van der Waals surface area (Å²) >= 11 is 0. The minimum absolute atomic E-state index is 0.165. The maximum atomic E-state index is 14.4. The number of aromatic nitrogens is 2. The lowest BCUT2D eigenvalue weighted by Crippen LogP contribution is -2.36. The molecule has 23 heavy (non-hydrogen) atoms. The van der Waals surface area contributed by atoms with Gasteiger partial charge in [0.25, 0.3) is 5.91 Å². The summed E-state index contributed by atoms with van der Waals surface area (Å²) in [6.45, 7) is 5.29. The number of halogens is 1. The van der Waals surface area contributed by atoms with Gasteiger partial charge in [0.15, 0.2) is 5.69 Å². The second kappa shape index (κ2) is 6.64. The van der Waals surface area contributed by atoms with Crippen LogP contribution in [0.1, 0.15) is 16.1 Å². The van der Waals surface area contributed by atoms with Crippen LogP contribution in [-0.4, -0.2) is 60.1 Å². The van der Waals surface area contributed by atoms with Crippen molar-refractivity contribution in [2.75, 3.05) is 39.9 Å². The molecule has 7 heteroatoms. The van der Waals surface area contributed by atoms with Gasteiger partial charge >= 0.3 is 0 Å². The largest absolute Gasteiger partial charge is 0.380 e. The number of nitrogens with one attached hydrogen (secondary N) is 1. The molecule has 1 aliphatic heterocycles. The molecule has 3 rings (SSSR count). The summed E-state index contributed by atoms with van der Waals surface area (Å²) in [5.74, 6) is -0.929. The standard InChI is InChI=1S/C16H21FN4O2/c1-11-4-3-5-21-14(17)13(19-15(11)21)16(22)18-8-12-9-20(2)6-7-23-10-12/h3-5,12H,6-10H2,1-2H3,(H,18,22)/t12-/m0/s1. The van der Waals surface area contributed by atoms with Gasteiger partial charge in [0.05, 0.1) is 13.2 Å². The zero-order valence-corrected chi connectivity index (χ0v) is 13.4. The molecule has 2 aromatic rings.